The van der Waals surface area contributed by atoms with Crippen molar-refractivity contribution in [2.24, 2.45) is 4.99 Å². The van der Waals surface area contributed by atoms with E-state index >= 15 is 0 Å². The van der Waals surface area contributed by atoms with Crippen LogP contribution in [0.4, 0.5) is 4.39 Å². The molecule has 0 fully saturated rings. The number of rotatable bonds is 8. The number of benzene rings is 3. The highest BCUT2D eigenvalue weighted by molar-refractivity contribution is 9.10. The maximum atomic E-state index is 13.8. The second-order valence-corrected chi connectivity index (χ2v) is 11.1. The van der Waals surface area contributed by atoms with Crippen LogP contribution in [-0.4, -0.2) is 24.3 Å². The van der Waals surface area contributed by atoms with Crippen LogP contribution in [0.25, 0.3) is 6.08 Å². The smallest absolute Gasteiger partial charge is 0.338 e. The zero-order valence-electron chi connectivity index (χ0n) is 22.5. The lowest BCUT2D eigenvalue weighted by Crippen LogP contribution is -2.39. The van der Waals surface area contributed by atoms with Crippen LogP contribution in [0.5, 0.6) is 11.5 Å². The molecule has 0 aliphatic carbocycles. The lowest BCUT2D eigenvalue weighted by atomic mass is 9.96. The van der Waals surface area contributed by atoms with Crippen LogP contribution in [-0.2, 0) is 16.1 Å². The van der Waals surface area contributed by atoms with Gasteiger partial charge in [-0.2, -0.15) is 0 Å². The second kappa shape index (κ2) is 12.2. The van der Waals surface area contributed by atoms with Crippen LogP contribution in [0, 0.1) is 5.82 Å². The van der Waals surface area contributed by atoms with E-state index in [9.17, 15) is 14.0 Å². The first-order valence-corrected chi connectivity index (χ1v) is 14.4. The number of hydrogen-bond donors (Lipinski definition) is 0. The number of allylic oxidation sites excluding steroid dienone is 1. The first kappa shape index (κ1) is 28.5. The summed E-state index contributed by atoms with van der Waals surface area (Å²) < 4.78 is 33.5. The second-order valence-electron chi connectivity index (χ2n) is 9.18. The van der Waals surface area contributed by atoms with Crippen molar-refractivity contribution in [1.29, 1.82) is 0 Å². The van der Waals surface area contributed by atoms with E-state index in [4.69, 9.17) is 14.2 Å². The molecule has 0 unspecified atom stereocenters. The summed E-state index contributed by atoms with van der Waals surface area (Å²) >= 11 is 4.64. The van der Waals surface area contributed by atoms with Crippen molar-refractivity contribution in [3.63, 3.8) is 0 Å². The van der Waals surface area contributed by atoms with Crippen LogP contribution in [0.2, 0.25) is 0 Å². The highest BCUT2D eigenvalue weighted by atomic mass is 79.9. The molecule has 0 saturated heterocycles. The van der Waals surface area contributed by atoms with Gasteiger partial charge in [0.25, 0.3) is 5.56 Å². The van der Waals surface area contributed by atoms with E-state index in [2.05, 4.69) is 20.9 Å². The molecule has 2 heterocycles. The summed E-state index contributed by atoms with van der Waals surface area (Å²) in [6.07, 6.45) is 1.75. The molecule has 41 heavy (non-hydrogen) atoms. The zero-order chi connectivity index (χ0) is 29.1. The van der Waals surface area contributed by atoms with Crippen LogP contribution in [0.1, 0.15) is 36.6 Å². The molecule has 0 N–H and O–H groups in total. The fourth-order valence-corrected chi connectivity index (χ4v) is 5.85. The van der Waals surface area contributed by atoms with Gasteiger partial charge in [-0.05, 0) is 73.0 Å². The average molecular weight is 638 g/mol. The maximum Gasteiger partial charge on any atom is 0.338 e. The highest BCUT2D eigenvalue weighted by Crippen LogP contribution is 2.31. The Morgan fingerprint density at radius 1 is 1.10 bits per heavy atom. The van der Waals surface area contributed by atoms with Crippen LogP contribution < -0.4 is 24.4 Å². The Hall–Kier alpha value is -4.02. The molecule has 4 aromatic rings. The third-order valence-corrected chi connectivity index (χ3v) is 8.01. The number of carbonyl (C=O) groups is 1. The summed E-state index contributed by atoms with van der Waals surface area (Å²) in [5.74, 6) is 0.104. The van der Waals surface area contributed by atoms with Gasteiger partial charge in [-0.3, -0.25) is 9.36 Å². The molecule has 1 aromatic heterocycles. The van der Waals surface area contributed by atoms with Gasteiger partial charge >= 0.3 is 5.97 Å². The first-order valence-electron chi connectivity index (χ1n) is 12.8. The Bertz CT molecular complexity index is 1810. The Morgan fingerprint density at radius 2 is 1.83 bits per heavy atom. The number of carbonyl (C=O) groups excluding carboxylic acids is 1. The fourth-order valence-electron chi connectivity index (χ4n) is 4.54. The van der Waals surface area contributed by atoms with Gasteiger partial charge in [0.05, 0.1) is 35.6 Å². The van der Waals surface area contributed by atoms with Gasteiger partial charge < -0.3 is 14.2 Å². The molecule has 3 aromatic carbocycles. The minimum Gasteiger partial charge on any atom is -0.493 e. The van der Waals surface area contributed by atoms with E-state index in [1.165, 1.54) is 28.0 Å². The molecule has 210 valence electrons. The van der Waals surface area contributed by atoms with E-state index in [1.54, 1.807) is 51.3 Å². The molecule has 10 heteroatoms. The Labute approximate surface area is 248 Å². The van der Waals surface area contributed by atoms with Crippen LogP contribution in [0.3, 0.4) is 0 Å². The number of esters is 1. The Morgan fingerprint density at radius 3 is 2.51 bits per heavy atom. The van der Waals surface area contributed by atoms with Gasteiger partial charge in [-0.15, -0.1) is 0 Å². The predicted octanol–water partition coefficient (Wildman–Crippen LogP) is 5.29. The predicted molar refractivity (Wildman–Crippen MR) is 158 cm³/mol. The number of ether oxygens (including phenoxy) is 3. The summed E-state index contributed by atoms with van der Waals surface area (Å²) in [5, 5.41) is 0. The van der Waals surface area contributed by atoms with Crippen molar-refractivity contribution in [2.75, 3.05) is 13.7 Å². The van der Waals surface area contributed by atoms with Crippen LogP contribution in [0.15, 0.2) is 92.3 Å². The van der Waals surface area contributed by atoms with E-state index < -0.39 is 17.8 Å². The molecule has 0 radical (unpaired) electrons. The Balaban J connectivity index is 1.53. The minimum atomic E-state index is -0.808. The van der Waals surface area contributed by atoms with E-state index in [-0.39, 0.29) is 17.7 Å². The summed E-state index contributed by atoms with van der Waals surface area (Å²) in [6, 6.07) is 18.2. The molecule has 0 bridgehead atoms. The van der Waals surface area contributed by atoms with Crippen molar-refractivity contribution < 1.29 is 23.4 Å². The summed E-state index contributed by atoms with van der Waals surface area (Å²) in [5.41, 5.74) is 2.67. The monoisotopic (exact) mass is 636 g/mol. The number of methoxy groups -OCH3 is 1. The number of nitrogens with zero attached hydrogens (tertiary/aromatic N) is 2. The first-order chi connectivity index (χ1) is 19.8. The molecular weight excluding hydrogens is 611 g/mol. The number of halogens is 2. The SMILES string of the molecule is CCOC(=O)C1=C(C)N=c2s/c(=C\c3ccc(OCc4ccc(Br)cc4)c(OC)c3)c(=O)n2[C@H]1c1ccc(F)cc1. The molecule has 1 aliphatic heterocycles. The molecule has 5 rings (SSSR count). The molecule has 0 amide bonds. The van der Waals surface area contributed by atoms with Gasteiger partial charge in [0.2, 0.25) is 0 Å². The minimum absolute atomic E-state index is 0.168. The third kappa shape index (κ3) is 6.03. The van der Waals surface area contributed by atoms with Gasteiger partial charge in [-0.1, -0.05) is 57.6 Å². The van der Waals surface area contributed by atoms with E-state index in [0.717, 1.165) is 15.6 Å². The number of aromatic nitrogens is 1. The average Bonchev–Trinajstić information content (AvgIpc) is 3.26. The Kier molecular flexibility index (Phi) is 8.51. The van der Waals surface area contributed by atoms with Crippen molar-refractivity contribution in [3.8, 4) is 11.5 Å². The topological polar surface area (TPSA) is 79.1 Å². The number of hydrogen-bond acceptors (Lipinski definition) is 7. The summed E-state index contributed by atoms with van der Waals surface area (Å²) in [6.45, 7) is 3.95. The molecule has 7 nitrogen and oxygen atoms in total. The lowest BCUT2D eigenvalue weighted by molar-refractivity contribution is -0.139. The molecule has 1 atom stereocenters. The summed E-state index contributed by atoms with van der Waals surface area (Å²) in [4.78, 5) is 31.8. The van der Waals surface area contributed by atoms with Gasteiger partial charge in [-0.25, -0.2) is 14.2 Å². The van der Waals surface area contributed by atoms with Crippen molar-refractivity contribution in [2.45, 2.75) is 26.5 Å². The molecule has 0 saturated carbocycles. The van der Waals surface area contributed by atoms with Crippen LogP contribution >= 0.6 is 27.3 Å². The lowest BCUT2D eigenvalue weighted by Gasteiger charge is -2.24. The standard InChI is InChI=1S/C31H26BrFN2O5S/c1-4-39-30(37)27-18(2)34-31-35(28(27)21-8-12-23(33)13-9-21)29(36)26(41-31)16-20-7-14-24(25(15-20)38-3)40-17-19-5-10-22(32)11-6-19/h5-16,28H,4,17H2,1-3H3/b26-16-/t28-/m0/s1. The van der Waals surface area contributed by atoms with Gasteiger partial charge in [0.15, 0.2) is 16.3 Å². The van der Waals surface area contributed by atoms with Crippen molar-refractivity contribution in [3.05, 3.63) is 125 Å². The number of fused-ring (bicyclic) bond motifs is 1. The molecule has 1 aliphatic rings. The van der Waals surface area contributed by atoms with Crippen molar-refractivity contribution >= 4 is 39.3 Å². The highest BCUT2D eigenvalue weighted by Gasteiger charge is 2.33. The van der Waals surface area contributed by atoms with E-state index in [0.29, 0.717) is 38.7 Å². The summed E-state index contributed by atoms with van der Waals surface area (Å²) in [7, 11) is 1.56. The van der Waals surface area contributed by atoms with E-state index in [1.807, 2.05) is 30.3 Å². The maximum absolute atomic E-state index is 13.8. The molecular formula is C31H26BrFN2O5S. The largest absolute Gasteiger partial charge is 0.493 e. The van der Waals surface area contributed by atoms with Crippen molar-refractivity contribution in [1.82, 2.24) is 4.57 Å². The third-order valence-electron chi connectivity index (χ3n) is 6.50. The van der Waals surface area contributed by atoms with Gasteiger partial charge in [0, 0.05) is 4.47 Å². The normalized spacial score (nSPS) is 14.9. The van der Waals surface area contributed by atoms with Gasteiger partial charge in [0.1, 0.15) is 12.4 Å². The number of thiazole rings is 1. The zero-order valence-corrected chi connectivity index (χ0v) is 24.9. The molecule has 0 spiro atoms. The fraction of sp³-hybridized carbons (Fsp3) is 0.194. The quantitative estimate of drug-likeness (QED) is 0.246.